The summed E-state index contributed by atoms with van der Waals surface area (Å²) in [5, 5.41) is 3.19. The summed E-state index contributed by atoms with van der Waals surface area (Å²) in [4.78, 5) is 0.156. The summed E-state index contributed by atoms with van der Waals surface area (Å²) in [7, 11) is -0.861. The first-order chi connectivity index (χ1) is 12.9. The molecule has 1 fully saturated rings. The average Bonchev–Trinajstić information content (AvgIpc) is 2.67. The summed E-state index contributed by atoms with van der Waals surface area (Å²) in [6.45, 7) is 2.94. The van der Waals surface area contributed by atoms with Gasteiger partial charge in [0.05, 0.1) is 25.2 Å². The van der Waals surface area contributed by atoms with Crippen molar-refractivity contribution in [1.29, 1.82) is 0 Å². The van der Waals surface area contributed by atoms with Crippen LogP contribution in [0.4, 0.5) is 4.39 Å². The predicted molar refractivity (Wildman–Crippen MR) is 107 cm³/mol. The number of piperazine rings is 1. The molecule has 1 atom stereocenters. The molecule has 0 saturated carbocycles. The molecule has 1 saturated heterocycles. The summed E-state index contributed by atoms with van der Waals surface area (Å²) in [5.41, 5.74) is 1.17. The van der Waals surface area contributed by atoms with Gasteiger partial charge in [-0.05, 0) is 36.2 Å². The molecule has 0 spiro atoms. The zero-order valence-corrected chi connectivity index (χ0v) is 17.6. The van der Waals surface area contributed by atoms with Crippen LogP contribution in [-0.4, -0.2) is 46.6 Å². The van der Waals surface area contributed by atoms with E-state index in [1.165, 1.54) is 36.7 Å². The Morgan fingerprint density at radius 2 is 1.82 bits per heavy atom. The molecule has 2 aromatic carbocycles. The van der Waals surface area contributed by atoms with E-state index in [4.69, 9.17) is 9.47 Å². The number of sulfonamides is 1. The first-order valence-corrected chi connectivity index (χ1v) is 10.0. The fourth-order valence-corrected chi connectivity index (χ4v) is 5.17. The predicted octanol–water partition coefficient (Wildman–Crippen LogP) is 2.91. The van der Waals surface area contributed by atoms with E-state index in [1.54, 1.807) is 25.1 Å². The maximum Gasteiger partial charge on any atom is 0.244 e. The number of nitrogens with zero attached hydrogens (tertiary/aromatic N) is 1. The van der Waals surface area contributed by atoms with E-state index >= 15 is 0 Å². The fraction of sp³-hybridized carbons (Fsp3) is 0.368. The van der Waals surface area contributed by atoms with Gasteiger partial charge < -0.3 is 14.8 Å². The molecule has 0 bridgehead atoms. The van der Waals surface area contributed by atoms with Crippen LogP contribution in [0.15, 0.2) is 41.3 Å². The van der Waals surface area contributed by atoms with Crippen molar-refractivity contribution in [3.05, 3.63) is 53.3 Å². The second-order valence-electron chi connectivity index (χ2n) is 6.36. The normalized spacial score (nSPS) is 17.6. The van der Waals surface area contributed by atoms with Crippen LogP contribution in [0.1, 0.15) is 17.2 Å². The zero-order valence-electron chi connectivity index (χ0n) is 15.9. The van der Waals surface area contributed by atoms with E-state index in [0.717, 1.165) is 0 Å². The lowest BCUT2D eigenvalue weighted by atomic mass is 10.1. The second kappa shape index (κ2) is 9.09. The number of halogens is 2. The minimum Gasteiger partial charge on any atom is -0.493 e. The van der Waals surface area contributed by atoms with Gasteiger partial charge in [0.15, 0.2) is 11.5 Å². The molecule has 2 aromatic rings. The van der Waals surface area contributed by atoms with Crippen LogP contribution in [-0.2, 0) is 10.0 Å². The summed E-state index contributed by atoms with van der Waals surface area (Å²) < 4.78 is 52.5. The third-order valence-electron chi connectivity index (χ3n) is 4.70. The van der Waals surface area contributed by atoms with Gasteiger partial charge in [0.1, 0.15) is 5.82 Å². The highest BCUT2D eigenvalue weighted by molar-refractivity contribution is 7.89. The quantitative estimate of drug-likeness (QED) is 0.790. The number of hydrogen-bond donors (Lipinski definition) is 1. The molecule has 28 heavy (non-hydrogen) atoms. The van der Waals surface area contributed by atoms with Crippen LogP contribution < -0.4 is 14.8 Å². The number of ether oxygens (including phenoxy) is 2. The average molecular weight is 431 g/mol. The van der Waals surface area contributed by atoms with E-state index in [9.17, 15) is 12.8 Å². The Kier molecular flexibility index (Phi) is 7.28. The molecule has 154 valence electrons. The van der Waals surface area contributed by atoms with Gasteiger partial charge in [-0.2, -0.15) is 4.31 Å². The zero-order chi connectivity index (χ0) is 19.6. The van der Waals surface area contributed by atoms with Gasteiger partial charge >= 0.3 is 0 Å². The van der Waals surface area contributed by atoms with Gasteiger partial charge in [-0.15, -0.1) is 12.4 Å². The molecular weight excluding hydrogens is 407 g/mol. The Hall–Kier alpha value is -1.87. The van der Waals surface area contributed by atoms with Gasteiger partial charge in [0, 0.05) is 25.7 Å². The highest BCUT2D eigenvalue weighted by Gasteiger charge is 2.36. The van der Waals surface area contributed by atoms with Crippen LogP contribution in [0.3, 0.4) is 0 Å². The monoisotopic (exact) mass is 430 g/mol. The Bertz CT molecular complexity index is 940. The standard InChI is InChI=1S/C19H23FN2O4S.ClH/c1-13-9-17(25-2)18(26-3)11-19(13)27(23,24)22-8-7-21-12-16(22)14-5-4-6-15(20)10-14;/h4-6,9-11,16,21H,7-8,12H2,1-3H3;1H. The number of methoxy groups -OCH3 is 2. The maximum absolute atomic E-state index is 13.7. The first kappa shape index (κ1) is 22.4. The van der Waals surface area contributed by atoms with Gasteiger partial charge in [-0.25, -0.2) is 12.8 Å². The Balaban J connectivity index is 0.00000280. The fourth-order valence-electron chi connectivity index (χ4n) is 3.34. The molecular formula is C19H24ClFN2O4S. The molecule has 0 aliphatic carbocycles. The van der Waals surface area contributed by atoms with Crippen molar-refractivity contribution in [2.45, 2.75) is 17.9 Å². The third-order valence-corrected chi connectivity index (χ3v) is 6.75. The first-order valence-electron chi connectivity index (χ1n) is 8.59. The molecule has 0 radical (unpaired) electrons. The van der Waals surface area contributed by atoms with E-state index in [-0.39, 0.29) is 23.8 Å². The molecule has 1 N–H and O–H groups in total. The van der Waals surface area contributed by atoms with Crippen LogP contribution in [0.2, 0.25) is 0 Å². The third kappa shape index (κ3) is 4.25. The van der Waals surface area contributed by atoms with Crippen molar-refractivity contribution in [2.75, 3.05) is 33.9 Å². The maximum atomic E-state index is 13.7. The highest BCUT2D eigenvalue weighted by Crippen LogP contribution is 2.36. The van der Waals surface area contributed by atoms with Crippen molar-refractivity contribution in [1.82, 2.24) is 9.62 Å². The van der Waals surface area contributed by atoms with E-state index < -0.39 is 21.9 Å². The molecule has 1 unspecified atom stereocenters. The summed E-state index contributed by atoms with van der Waals surface area (Å²) in [6.07, 6.45) is 0. The van der Waals surface area contributed by atoms with Gasteiger partial charge in [-0.1, -0.05) is 12.1 Å². The Labute approximate surface area is 171 Å². The molecule has 1 aliphatic heterocycles. The largest absolute Gasteiger partial charge is 0.493 e. The van der Waals surface area contributed by atoms with Gasteiger partial charge in [-0.3, -0.25) is 0 Å². The van der Waals surface area contributed by atoms with Crippen molar-refractivity contribution in [3.63, 3.8) is 0 Å². The van der Waals surface area contributed by atoms with E-state index in [2.05, 4.69) is 5.32 Å². The lowest BCUT2D eigenvalue weighted by Gasteiger charge is -2.36. The SMILES string of the molecule is COc1cc(C)c(S(=O)(=O)N2CCNCC2c2cccc(F)c2)cc1OC.Cl. The molecule has 9 heteroatoms. The number of aryl methyl sites for hydroxylation is 1. The summed E-state index contributed by atoms with van der Waals surface area (Å²) >= 11 is 0. The Morgan fingerprint density at radius 3 is 2.46 bits per heavy atom. The van der Waals surface area contributed by atoms with Crippen molar-refractivity contribution in [3.8, 4) is 11.5 Å². The topological polar surface area (TPSA) is 67.9 Å². The molecule has 3 rings (SSSR count). The van der Waals surface area contributed by atoms with Crippen LogP contribution in [0, 0.1) is 12.7 Å². The summed E-state index contributed by atoms with van der Waals surface area (Å²) in [5.74, 6) is 0.424. The number of hydrogen-bond acceptors (Lipinski definition) is 5. The Morgan fingerprint density at radius 1 is 1.14 bits per heavy atom. The number of nitrogens with one attached hydrogen (secondary N) is 1. The van der Waals surface area contributed by atoms with Crippen LogP contribution >= 0.6 is 12.4 Å². The smallest absolute Gasteiger partial charge is 0.244 e. The minimum absolute atomic E-state index is 0. The van der Waals surface area contributed by atoms with E-state index in [0.29, 0.717) is 35.7 Å². The van der Waals surface area contributed by atoms with Crippen LogP contribution in [0.5, 0.6) is 11.5 Å². The molecule has 1 aliphatic rings. The highest BCUT2D eigenvalue weighted by atomic mass is 35.5. The van der Waals surface area contributed by atoms with Crippen LogP contribution in [0.25, 0.3) is 0 Å². The number of benzene rings is 2. The molecule has 0 aromatic heterocycles. The minimum atomic E-state index is -3.83. The lowest BCUT2D eigenvalue weighted by Crippen LogP contribution is -2.48. The van der Waals surface area contributed by atoms with Crippen molar-refractivity contribution >= 4 is 22.4 Å². The van der Waals surface area contributed by atoms with Crippen molar-refractivity contribution in [2.24, 2.45) is 0 Å². The van der Waals surface area contributed by atoms with Crippen molar-refractivity contribution < 1.29 is 22.3 Å². The van der Waals surface area contributed by atoms with Gasteiger partial charge in [0.2, 0.25) is 10.0 Å². The lowest BCUT2D eigenvalue weighted by molar-refractivity contribution is 0.270. The summed E-state index contributed by atoms with van der Waals surface area (Å²) in [6, 6.07) is 8.68. The van der Waals surface area contributed by atoms with E-state index in [1.807, 2.05) is 0 Å². The van der Waals surface area contributed by atoms with Gasteiger partial charge in [0.25, 0.3) is 0 Å². The second-order valence-corrected chi connectivity index (χ2v) is 8.22. The number of rotatable bonds is 5. The molecule has 0 amide bonds. The molecule has 1 heterocycles. The molecule has 6 nitrogen and oxygen atoms in total.